The number of nitrogens with zero attached hydrogens (tertiary/aromatic N) is 1. The van der Waals surface area contributed by atoms with Crippen LogP contribution in [0.5, 0.6) is 5.75 Å². The van der Waals surface area contributed by atoms with Crippen molar-refractivity contribution >= 4 is 33.2 Å². The molecule has 0 unspecified atom stereocenters. The Labute approximate surface area is 164 Å². The number of carbonyl (C=O) groups excluding carboxylic acids is 1. The van der Waals surface area contributed by atoms with Crippen LogP contribution in [-0.4, -0.2) is 38.8 Å². The summed E-state index contributed by atoms with van der Waals surface area (Å²) in [6.45, 7) is 2.85. The standard InChI is InChI=1S/C19H21ClN2O4S/c1-13-5-6-14(11-17(13)26-2)19(23)21-15-7-8-16(20)18(12-15)27(24,25)22-9-3-4-10-22/h5-8,11-12H,3-4,9-10H2,1-2H3,(H,21,23). The molecule has 144 valence electrons. The second kappa shape index (κ2) is 7.88. The zero-order valence-electron chi connectivity index (χ0n) is 15.2. The SMILES string of the molecule is COc1cc(C(=O)Nc2ccc(Cl)c(S(=O)(=O)N3CCCC3)c2)ccc1C. The van der Waals surface area contributed by atoms with E-state index >= 15 is 0 Å². The number of benzene rings is 2. The first-order chi connectivity index (χ1) is 12.8. The predicted molar refractivity (Wildman–Crippen MR) is 105 cm³/mol. The lowest BCUT2D eigenvalue weighted by Gasteiger charge is -2.17. The number of halogens is 1. The fourth-order valence-corrected chi connectivity index (χ4v) is 5.03. The lowest BCUT2D eigenvalue weighted by Crippen LogP contribution is -2.28. The number of hydrogen-bond acceptors (Lipinski definition) is 4. The molecule has 1 aliphatic rings. The molecule has 1 N–H and O–H groups in total. The van der Waals surface area contributed by atoms with Crippen LogP contribution in [0, 0.1) is 6.92 Å². The van der Waals surface area contributed by atoms with Crippen LogP contribution in [0.2, 0.25) is 5.02 Å². The van der Waals surface area contributed by atoms with Gasteiger partial charge in [0.25, 0.3) is 5.91 Å². The first-order valence-electron chi connectivity index (χ1n) is 8.58. The summed E-state index contributed by atoms with van der Waals surface area (Å²) in [4.78, 5) is 12.5. The van der Waals surface area contributed by atoms with Gasteiger partial charge in [0, 0.05) is 24.3 Å². The second-order valence-corrected chi connectivity index (χ2v) is 8.71. The van der Waals surface area contributed by atoms with Gasteiger partial charge in [0.15, 0.2) is 0 Å². The minimum Gasteiger partial charge on any atom is -0.496 e. The Bertz CT molecular complexity index is 970. The summed E-state index contributed by atoms with van der Waals surface area (Å²) in [5.74, 6) is 0.246. The average molecular weight is 409 g/mol. The summed E-state index contributed by atoms with van der Waals surface area (Å²) in [7, 11) is -2.14. The molecule has 1 heterocycles. The van der Waals surface area contributed by atoms with Crippen LogP contribution in [0.4, 0.5) is 5.69 Å². The van der Waals surface area contributed by atoms with Crippen LogP contribution in [0.15, 0.2) is 41.3 Å². The van der Waals surface area contributed by atoms with Gasteiger partial charge in [0.05, 0.1) is 12.1 Å². The Hall–Kier alpha value is -2.09. The molecule has 2 aromatic carbocycles. The van der Waals surface area contributed by atoms with Crippen LogP contribution in [-0.2, 0) is 10.0 Å². The van der Waals surface area contributed by atoms with E-state index in [1.807, 2.05) is 6.92 Å². The van der Waals surface area contributed by atoms with E-state index in [0.717, 1.165) is 18.4 Å². The number of nitrogens with one attached hydrogen (secondary N) is 1. The van der Waals surface area contributed by atoms with E-state index < -0.39 is 10.0 Å². The molecular formula is C19H21ClN2O4S. The molecule has 27 heavy (non-hydrogen) atoms. The molecule has 0 bridgehead atoms. The van der Waals surface area contributed by atoms with Crippen molar-refractivity contribution in [2.75, 3.05) is 25.5 Å². The molecule has 6 nitrogen and oxygen atoms in total. The van der Waals surface area contributed by atoms with E-state index in [1.54, 1.807) is 31.4 Å². The van der Waals surface area contributed by atoms with E-state index in [0.29, 0.717) is 30.1 Å². The van der Waals surface area contributed by atoms with Crippen molar-refractivity contribution in [1.82, 2.24) is 4.31 Å². The van der Waals surface area contributed by atoms with E-state index in [4.69, 9.17) is 16.3 Å². The van der Waals surface area contributed by atoms with E-state index in [2.05, 4.69) is 5.32 Å². The number of amides is 1. The summed E-state index contributed by atoms with van der Waals surface area (Å²) < 4.78 is 32.3. The fraction of sp³-hybridized carbons (Fsp3) is 0.316. The van der Waals surface area contributed by atoms with Gasteiger partial charge in [-0.05, 0) is 55.7 Å². The zero-order chi connectivity index (χ0) is 19.6. The van der Waals surface area contributed by atoms with Gasteiger partial charge in [0.1, 0.15) is 10.6 Å². The van der Waals surface area contributed by atoms with Gasteiger partial charge in [0.2, 0.25) is 10.0 Å². The van der Waals surface area contributed by atoms with Gasteiger partial charge in [-0.3, -0.25) is 4.79 Å². The predicted octanol–water partition coefficient (Wildman–Crippen LogP) is 3.69. The molecule has 2 aromatic rings. The highest BCUT2D eigenvalue weighted by Gasteiger charge is 2.29. The largest absolute Gasteiger partial charge is 0.496 e. The van der Waals surface area contributed by atoms with Gasteiger partial charge in [-0.25, -0.2) is 8.42 Å². The van der Waals surface area contributed by atoms with E-state index in [1.165, 1.54) is 16.4 Å². The highest BCUT2D eigenvalue weighted by molar-refractivity contribution is 7.89. The highest BCUT2D eigenvalue weighted by atomic mass is 35.5. The number of anilines is 1. The molecule has 0 aromatic heterocycles. The van der Waals surface area contributed by atoms with Crippen molar-refractivity contribution in [3.63, 3.8) is 0 Å². The Morgan fingerprint density at radius 3 is 2.52 bits per heavy atom. The van der Waals surface area contributed by atoms with E-state index in [-0.39, 0.29) is 15.8 Å². The van der Waals surface area contributed by atoms with Crippen molar-refractivity contribution in [2.45, 2.75) is 24.7 Å². The molecule has 0 aliphatic carbocycles. The number of sulfonamides is 1. The van der Waals surface area contributed by atoms with E-state index in [9.17, 15) is 13.2 Å². The lowest BCUT2D eigenvalue weighted by atomic mass is 10.1. The quantitative estimate of drug-likeness (QED) is 0.818. The van der Waals surface area contributed by atoms with Gasteiger partial charge in [-0.1, -0.05) is 17.7 Å². The van der Waals surface area contributed by atoms with Crippen molar-refractivity contribution in [3.8, 4) is 5.75 Å². The van der Waals surface area contributed by atoms with Crippen LogP contribution < -0.4 is 10.1 Å². The number of aryl methyl sites for hydroxylation is 1. The topological polar surface area (TPSA) is 75.7 Å². The summed E-state index contributed by atoms with van der Waals surface area (Å²) in [5, 5.41) is 2.86. The zero-order valence-corrected chi connectivity index (χ0v) is 16.7. The van der Waals surface area contributed by atoms with Crippen molar-refractivity contribution < 1.29 is 17.9 Å². The molecule has 0 saturated carbocycles. The second-order valence-electron chi connectivity index (χ2n) is 6.39. The molecule has 1 aliphatic heterocycles. The van der Waals surface area contributed by atoms with Crippen LogP contribution in [0.1, 0.15) is 28.8 Å². The molecule has 1 fully saturated rings. The molecule has 3 rings (SSSR count). The molecule has 0 atom stereocenters. The van der Waals surface area contributed by atoms with Gasteiger partial charge in [-0.15, -0.1) is 0 Å². The van der Waals surface area contributed by atoms with Gasteiger partial charge >= 0.3 is 0 Å². The minimum absolute atomic E-state index is 0.00496. The Morgan fingerprint density at radius 1 is 1.15 bits per heavy atom. The monoisotopic (exact) mass is 408 g/mol. The van der Waals surface area contributed by atoms with Crippen LogP contribution in [0.3, 0.4) is 0 Å². The number of methoxy groups -OCH3 is 1. The molecule has 0 radical (unpaired) electrons. The molecular weight excluding hydrogens is 388 g/mol. The number of carbonyl (C=O) groups is 1. The minimum atomic E-state index is -3.68. The maximum atomic E-state index is 12.8. The molecule has 1 amide bonds. The smallest absolute Gasteiger partial charge is 0.255 e. The van der Waals surface area contributed by atoms with Gasteiger partial charge < -0.3 is 10.1 Å². The Balaban J connectivity index is 1.87. The summed E-state index contributed by atoms with van der Waals surface area (Å²) in [6.07, 6.45) is 1.67. The summed E-state index contributed by atoms with van der Waals surface area (Å²) >= 11 is 6.13. The van der Waals surface area contributed by atoms with Crippen LogP contribution >= 0.6 is 11.6 Å². The van der Waals surface area contributed by atoms with Crippen molar-refractivity contribution in [1.29, 1.82) is 0 Å². The lowest BCUT2D eigenvalue weighted by molar-refractivity contribution is 0.102. The van der Waals surface area contributed by atoms with Crippen molar-refractivity contribution in [3.05, 3.63) is 52.5 Å². The average Bonchev–Trinajstić information content (AvgIpc) is 3.19. The summed E-state index contributed by atoms with van der Waals surface area (Å²) in [5.41, 5.74) is 1.69. The first-order valence-corrected chi connectivity index (χ1v) is 10.4. The summed E-state index contributed by atoms with van der Waals surface area (Å²) in [6, 6.07) is 9.58. The highest BCUT2D eigenvalue weighted by Crippen LogP contribution is 2.30. The third-order valence-electron chi connectivity index (χ3n) is 4.54. The third kappa shape index (κ3) is 4.10. The third-order valence-corrected chi connectivity index (χ3v) is 6.92. The Morgan fingerprint density at radius 2 is 1.85 bits per heavy atom. The molecule has 8 heteroatoms. The normalized spacial score (nSPS) is 14.9. The molecule has 0 spiro atoms. The first kappa shape index (κ1) is 19.7. The Kier molecular flexibility index (Phi) is 5.74. The molecule has 1 saturated heterocycles. The maximum Gasteiger partial charge on any atom is 0.255 e. The number of hydrogen-bond donors (Lipinski definition) is 1. The maximum absolute atomic E-state index is 12.8. The number of rotatable bonds is 5. The number of ether oxygens (including phenoxy) is 1. The van der Waals surface area contributed by atoms with Crippen molar-refractivity contribution in [2.24, 2.45) is 0 Å². The fourth-order valence-electron chi connectivity index (χ4n) is 3.01. The van der Waals surface area contributed by atoms with Crippen LogP contribution in [0.25, 0.3) is 0 Å². The van der Waals surface area contributed by atoms with Gasteiger partial charge in [-0.2, -0.15) is 4.31 Å².